The summed E-state index contributed by atoms with van der Waals surface area (Å²) in [5.41, 5.74) is 4.18. The van der Waals surface area contributed by atoms with Gasteiger partial charge in [-0.05, 0) is 45.0 Å². The van der Waals surface area contributed by atoms with Crippen molar-refractivity contribution in [3.63, 3.8) is 0 Å². The number of methoxy groups -OCH3 is 1. The highest BCUT2D eigenvalue weighted by Crippen LogP contribution is 2.34. The molecule has 3 heterocycles. The van der Waals surface area contributed by atoms with E-state index in [0.717, 1.165) is 61.1 Å². The molecule has 2 aromatic rings. The van der Waals surface area contributed by atoms with Gasteiger partial charge in [-0.2, -0.15) is 5.10 Å². The number of aromatic nitrogens is 2. The summed E-state index contributed by atoms with van der Waals surface area (Å²) in [4.78, 5) is 18.1. The zero-order valence-electron chi connectivity index (χ0n) is 18.4. The molecule has 0 aromatic carbocycles. The van der Waals surface area contributed by atoms with Crippen LogP contribution in [0.2, 0.25) is 0 Å². The number of thiophene rings is 1. The van der Waals surface area contributed by atoms with Crippen molar-refractivity contribution in [3.8, 4) is 0 Å². The van der Waals surface area contributed by atoms with Crippen LogP contribution < -0.4 is 5.32 Å². The highest BCUT2D eigenvalue weighted by atomic mass is 32.1. The SMILES string of the molecule is CCc1c(C)sc(NC(=S)N2CCN(Cc3cnn(CC)c3C)CC2)c1C(=O)OC. The fourth-order valence-corrected chi connectivity index (χ4v) is 5.38. The average molecular weight is 450 g/mol. The molecule has 0 amide bonds. The second-order valence-corrected chi connectivity index (χ2v) is 9.06. The standard InChI is InChI=1S/C21H31N5O2S2/c1-6-17-15(4)30-19(18(17)20(27)28-5)23-21(29)25-10-8-24(9-11-25)13-16-12-22-26(7-2)14(16)3/h12H,6-11,13H2,1-5H3,(H,23,29). The number of nitrogens with one attached hydrogen (secondary N) is 1. The van der Waals surface area contributed by atoms with E-state index in [4.69, 9.17) is 17.0 Å². The molecule has 0 radical (unpaired) electrons. The number of rotatable bonds is 6. The van der Waals surface area contributed by atoms with E-state index in [1.165, 1.54) is 18.4 Å². The number of hydrogen-bond acceptors (Lipinski definition) is 6. The molecule has 9 heteroatoms. The average Bonchev–Trinajstić information content (AvgIpc) is 3.26. The number of carbonyl (C=O) groups excluding carboxylic acids is 1. The predicted octanol–water partition coefficient (Wildman–Crippen LogP) is 3.44. The molecule has 0 aliphatic carbocycles. The van der Waals surface area contributed by atoms with Crippen LogP contribution in [-0.4, -0.2) is 64.0 Å². The van der Waals surface area contributed by atoms with Gasteiger partial charge in [-0.3, -0.25) is 9.58 Å². The summed E-state index contributed by atoms with van der Waals surface area (Å²) < 4.78 is 7.05. The number of esters is 1. The molecule has 1 N–H and O–H groups in total. The van der Waals surface area contributed by atoms with Crippen LogP contribution in [0.25, 0.3) is 0 Å². The zero-order chi connectivity index (χ0) is 21.8. The van der Waals surface area contributed by atoms with Crippen LogP contribution in [-0.2, 0) is 24.2 Å². The second-order valence-electron chi connectivity index (χ2n) is 7.45. The molecule has 0 saturated carbocycles. The van der Waals surface area contributed by atoms with Gasteiger partial charge in [0.2, 0.25) is 0 Å². The minimum atomic E-state index is -0.311. The van der Waals surface area contributed by atoms with E-state index in [9.17, 15) is 4.79 Å². The molecular formula is C21H31N5O2S2. The number of hydrogen-bond donors (Lipinski definition) is 1. The van der Waals surface area contributed by atoms with Crippen molar-refractivity contribution in [3.05, 3.63) is 33.5 Å². The van der Waals surface area contributed by atoms with Gasteiger partial charge >= 0.3 is 5.97 Å². The van der Waals surface area contributed by atoms with Crippen molar-refractivity contribution in [2.75, 3.05) is 38.6 Å². The summed E-state index contributed by atoms with van der Waals surface area (Å²) in [7, 11) is 1.42. The van der Waals surface area contributed by atoms with Gasteiger partial charge in [0.05, 0.1) is 18.9 Å². The Bertz CT molecular complexity index is 913. The van der Waals surface area contributed by atoms with Gasteiger partial charge < -0.3 is 15.0 Å². The Balaban J connectivity index is 1.61. The van der Waals surface area contributed by atoms with E-state index >= 15 is 0 Å². The Hall–Kier alpha value is -1.97. The molecule has 0 unspecified atom stereocenters. The summed E-state index contributed by atoms with van der Waals surface area (Å²) in [5, 5.41) is 9.22. The van der Waals surface area contributed by atoms with E-state index in [1.807, 2.05) is 17.8 Å². The second kappa shape index (κ2) is 9.89. The van der Waals surface area contributed by atoms with Gasteiger partial charge in [-0.25, -0.2) is 4.79 Å². The van der Waals surface area contributed by atoms with Crippen molar-refractivity contribution in [2.24, 2.45) is 0 Å². The van der Waals surface area contributed by atoms with Crippen molar-refractivity contribution >= 4 is 39.6 Å². The van der Waals surface area contributed by atoms with Crippen molar-refractivity contribution in [1.82, 2.24) is 19.6 Å². The third-order valence-corrected chi connectivity index (χ3v) is 7.15. The Morgan fingerprint density at radius 2 is 1.97 bits per heavy atom. The minimum Gasteiger partial charge on any atom is -0.465 e. The highest BCUT2D eigenvalue weighted by Gasteiger charge is 2.25. The van der Waals surface area contributed by atoms with Crippen LogP contribution in [0.4, 0.5) is 5.00 Å². The van der Waals surface area contributed by atoms with Crippen LogP contribution in [0.5, 0.6) is 0 Å². The number of aryl methyl sites for hydroxylation is 2. The normalized spacial score (nSPS) is 14.8. The lowest BCUT2D eigenvalue weighted by atomic mass is 10.1. The van der Waals surface area contributed by atoms with E-state index in [2.05, 4.69) is 41.0 Å². The monoisotopic (exact) mass is 449 g/mol. The quantitative estimate of drug-likeness (QED) is 0.535. The molecular weight excluding hydrogens is 418 g/mol. The summed E-state index contributed by atoms with van der Waals surface area (Å²) in [5.74, 6) is -0.311. The Labute approximate surface area is 188 Å². The third kappa shape index (κ3) is 4.68. The number of nitrogens with zero attached hydrogens (tertiary/aromatic N) is 4. The summed E-state index contributed by atoms with van der Waals surface area (Å²) in [6, 6.07) is 0. The third-order valence-electron chi connectivity index (χ3n) is 5.73. The van der Waals surface area contributed by atoms with Crippen molar-refractivity contribution in [1.29, 1.82) is 0 Å². The fourth-order valence-electron chi connectivity index (χ4n) is 3.90. The first-order valence-electron chi connectivity index (χ1n) is 10.4. The summed E-state index contributed by atoms with van der Waals surface area (Å²) in [6.45, 7) is 13.7. The first-order chi connectivity index (χ1) is 14.4. The molecule has 0 atom stereocenters. The van der Waals surface area contributed by atoms with Crippen molar-refractivity contribution < 1.29 is 9.53 Å². The van der Waals surface area contributed by atoms with Crippen LogP contribution >= 0.6 is 23.6 Å². The summed E-state index contributed by atoms with van der Waals surface area (Å²) in [6.07, 6.45) is 2.77. The predicted molar refractivity (Wildman–Crippen MR) is 125 cm³/mol. The highest BCUT2D eigenvalue weighted by molar-refractivity contribution is 7.80. The lowest BCUT2D eigenvalue weighted by Gasteiger charge is -2.36. The number of anilines is 1. The van der Waals surface area contributed by atoms with Crippen LogP contribution in [0.15, 0.2) is 6.20 Å². The largest absolute Gasteiger partial charge is 0.465 e. The van der Waals surface area contributed by atoms with Crippen molar-refractivity contribution in [2.45, 2.75) is 47.2 Å². The Morgan fingerprint density at radius 1 is 1.27 bits per heavy atom. The number of thiocarbonyl (C=S) groups is 1. The van der Waals surface area contributed by atoms with Crippen LogP contribution in [0.1, 0.15) is 45.9 Å². The van der Waals surface area contributed by atoms with Crippen LogP contribution in [0.3, 0.4) is 0 Å². The van der Waals surface area contributed by atoms with Gasteiger partial charge in [0.15, 0.2) is 5.11 Å². The number of ether oxygens (including phenoxy) is 1. The van der Waals surface area contributed by atoms with Gasteiger partial charge in [0.1, 0.15) is 5.00 Å². The number of piperazine rings is 1. The van der Waals surface area contributed by atoms with Gasteiger partial charge in [0, 0.05) is 55.4 Å². The molecule has 164 valence electrons. The smallest absolute Gasteiger partial charge is 0.341 e. The van der Waals surface area contributed by atoms with E-state index in [1.54, 1.807) is 11.3 Å². The van der Waals surface area contributed by atoms with Gasteiger partial charge in [-0.15, -0.1) is 11.3 Å². The Morgan fingerprint density at radius 3 is 2.53 bits per heavy atom. The molecule has 2 aromatic heterocycles. The molecule has 0 spiro atoms. The zero-order valence-corrected chi connectivity index (χ0v) is 20.1. The summed E-state index contributed by atoms with van der Waals surface area (Å²) >= 11 is 7.24. The Kier molecular flexibility index (Phi) is 7.49. The van der Waals surface area contributed by atoms with E-state index in [0.29, 0.717) is 10.7 Å². The molecule has 1 saturated heterocycles. The minimum absolute atomic E-state index is 0.311. The maximum absolute atomic E-state index is 12.3. The molecule has 3 rings (SSSR count). The fraction of sp³-hybridized carbons (Fsp3) is 0.571. The lowest BCUT2D eigenvalue weighted by Crippen LogP contribution is -2.49. The van der Waals surface area contributed by atoms with Gasteiger partial charge in [0.25, 0.3) is 0 Å². The topological polar surface area (TPSA) is 62.6 Å². The molecule has 1 aliphatic heterocycles. The first kappa shape index (κ1) is 22.7. The maximum Gasteiger partial charge on any atom is 0.341 e. The number of carbonyl (C=O) groups is 1. The maximum atomic E-state index is 12.3. The first-order valence-corrected chi connectivity index (χ1v) is 11.6. The molecule has 7 nitrogen and oxygen atoms in total. The lowest BCUT2D eigenvalue weighted by molar-refractivity contribution is 0.0601. The molecule has 1 aliphatic rings. The molecule has 0 bridgehead atoms. The van der Waals surface area contributed by atoms with E-state index < -0.39 is 0 Å². The van der Waals surface area contributed by atoms with Crippen LogP contribution in [0, 0.1) is 13.8 Å². The van der Waals surface area contributed by atoms with E-state index in [-0.39, 0.29) is 5.97 Å². The molecule has 30 heavy (non-hydrogen) atoms. The van der Waals surface area contributed by atoms with Gasteiger partial charge in [-0.1, -0.05) is 6.92 Å². The molecule has 1 fully saturated rings.